The normalized spacial score (nSPS) is 19.6. The third-order valence-corrected chi connectivity index (χ3v) is 4.44. The Morgan fingerprint density at radius 3 is 3.23 bits per heavy atom. The molecule has 2 aromatic rings. The van der Waals surface area contributed by atoms with Crippen molar-refractivity contribution in [3.63, 3.8) is 0 Å². The number of hydrogen-bond donors (Lipinski definition) is 1. The van der Waals surface area contributed by atoms with Gasteiger partial charge in [0.1, 0.15) is 17.8 Å². The molecule has 0 amide bonds. The summed E-state index contributed by atoms with van der Waals surface area (Å²) in [7, 11) is 3.90. The maximum atomic E-state index is 5.20. The van der Waals surface area contributed by atoms with Crippen LogP contribution in [0.3, 0.4) is 0 Å². The van der Waals surface area contributed by atoms with Crippen LogP contribution in [0.4, 0.5) is 5.82 Å². The molecule has 2 aromatic heterocycles. The lowest BCUT2D eigenvalue weighted by Crippen LogP contribution is -2.41. The van der Waals surface area contributed by atoms with Crippen molar-refractivity contribution in [1.82, 2.24) is 19.9 Å². The van der Waals surface area contributed by atoms with Crippen LogP contribution in [0.25, 0.3) is 11.0 Å². The minimum Gasteiger partial charge on any atom is -0.383 e. The SMILES string of the molecule is COCCN1CCCC(CN(C)c2ncnc3[nH]ccc23)C1. The first-order valence-electron chi connectivity index (χ1n) is 7.98. The van der Waals surface area contributed by atoms with Gasteiger partial charge in [-0.1, -0.05) is 0 Å². The van der Waals surface area contributed by atoms with E-state index in [2.05, 4.69) is 31.8 Å². The number of hydrogen-bond acceptors (Lipinski definition) is 5. The van der Waals surface area contributed by atoms with Crippen molar-refractivity contribution >= 4 is 16.9 Å². The van der Waals surface area contributed by atoms with Gasteiger partial charge in [-0.15, -0.1) is 0 Å². The zero-order chi connectivity index (χ0) is 15.4. The molecule has 0 aliphatic carbocycles. The van der Waals surface area contributed by atoms with Crippen LogP contribution in [0.5, 0.6) is 0 Å². The predicted molar refractivity (Wildman–Crippen MR) is 88.2 cm³/mol. The summed E-state index contributed by atoms with van der Waals surface area (Å²) in [6, 6.07) is 2.05. The monoisotopic (exact) mass is 303 g/mol. The number of likely N-dealkylation sites (tertiary alicyclic amines) is 1. The standard InChI is InChI=1S/C16H25N5O/c1-20(16-14-5-6-17-15(14)18-12-19-16)10-13-4-3-7-21(11-13)8-9-22-2/h5-6,12-13H,3-4,7-11H2,1-2H3,(H,17,18,19). The molecular weight excluding hydrogens is 278 g/mol. The molecule has 1 fully saturated rings. The van der Waals surface area contributed by atoms with Crippen molar-refractivity contribution in [3.8, 4) is 0 Å². The summed E-state index contributed by atoms with van der Waals surface area (Å²) in [5, 5.41) is 1.09. The van der Waals surface area contributed by atoms with Gasteiger partial charge >= 0.3 is 0 Å². The van der Waals surface area contributed by atoms with Crippen LogP contribution in [0.15, 0.2) is 18.6 Å². The Hall–Kier alpha value is -1.66. The highest BCUT2D eigenvalue weighted by molar-refractivity contribution is 5.87. The van der Waals surface area contributed by atoms with E-state index in [4.69, 9.17) is 4.74 Å². The zero-order valence-corrected chi connectivity index (χ0v) is 13.5. The predicted octanol–water partition coefficient (Wildman–Crippen LogP) is 1.75. The lowest BCUT2D eigenvalue weighted by molar-refractivity contribution is 0.116. The molecular formula is C16H25N5O. The Labute approximate surface area is 131 Å². The molecule has 1 atom stereocenters. The summed E-state index contributed by atoms with van der Waals surface area (Å²) in [6.07, 6.45) is 6.11. The number of H-pyrrole nitrogens is 1. The van der Waals surface area contributed by atoms with E-state index in [0.717, 1.165) is 43.1 Å². The second kappa shape index (κ2) is 7.07. The van der Waals surface area contributed by atoms with Crippen LogP contribution in [0.2, 0.25) is 0 Å². The van der Waals surface area contributed by atoms with E-state index in [1.807, 2.05) is 12.3 Å². The average molecular weight is 303 g/mol. The highest BCUT2D eigenvalue weighted by Gasteiger charge is 2.22. The molecule has 1 aliphatic heterocycles. The maximum absolute atomic E-state index is 5.20. The third kappa shape index (κ3) is 3.39. The van der Waals surface area contributed by atoms with Gasteiger partial charge in [0, 0.05) is 40.0 Å². The molecule has 0 radical (unpaired) electrons. The number of fused-ring (bicyclic) bond motifs is 1. The molecule has 3 rings (SSSR count). The average Bonchev–Trinajstić information content (AvgIpc) is 3.01. The van der Waals surface area contributed by atoms with Gasteiger partial charge in [-0.2, -0.15) is 0 Å². The Morgan fingerprint density at radius 2 is 2.36 bits per heavy atom. The molecule has 0 spiro atoms. The molecule has 0 bridgehead atoms. The fourth-order valence-electron chi connectivity index (χ4n) is 3.36. The number of anilines is 1. The van der Waals surface area contributed by atoms with E-state index in [0.29, 0.717) is 5.92 Å². The third-order valence-electron chi connectivity index (χ3n) is 4.44. The lowest BCUT2D eigenvalue weighted by atomic mass is 9.97. The van der Waals surface area contributed by atoms with Crippen LogP contribution in [0, 0.1) is 5.92 Å². The molecule has 6 nitrogen and oxygen atoms in total. The van der Waals surface area contributed by atoms with Gasteiger partial charge in [0.2, 0.25) is 0 Å². The number of methoxy groups -OCH3 is 1. The van der Waals surface area contributed by atoms with Crippen molar-refractivity contribution in [2.75, 3.05) is 51.8 Å². The molecule has 3 heterocycles. The lowest BCUT2D eigenvalue weighted by Gasteiger charge is -2.34. The van der Waals surface area contributed by atoms with E-state index in [1.165, 1.54) is 19.4 Å². The molecule has 0 saturated carbocycles. The number of nitrogens with zero attached hydrogens (tertiary/aromatic N) is 4. The fraction of sp³-hybridized carbons (Fsp3) is 0.625. The van der Waals surface area contributed by atoms with Gasteiger partial charge in [0.15, 0.2) is 0 Å². The zero-order valence-electron chi connectivity index (χ0n) is 13.5. The molecule has 1 N–H and O–H groups in total. The number of nitrogens with one attached hydrogen (secondary N) is 1. The van der Waals surface area contributed by atoms with Crippen LogP contribution < -0.4 is 4.90 Å². The first-order valence-corrected chi connectivity index (χ1v) is 7.98. The Bertz CT molecular complexity index is 599. The van der Waals surface area contributed by atoms with E-state index in [9.17, 15) is 0 Å². The highest BCUT2D eigenvalue weighted by atomic mass is 16.5. The van der Waals surface area contributed by atoms with E-state index < -0.39 is 0 Å². The Kier molecular flexibility index (Phi) is 4.90. The fourth-order valence-corrected chi connectivity index (χ4v) is 3.36. The van der Waals surface area contributed by atoms with Crippen molar-refractivity contribution in [2.45, 2.75) is 12.8 Å². The molecule has 6 heteroatoms. The Morgan fingerprint density at radius 1 is 1.45 bits per heavy atom. The van der Waals surface area contributed by atoms with Gasteiger partial charge < -0.3 is 19.5 Å². The van der Waals surface area contributed by atoms with E-state index in [-0.39, 0.29) is 0 Å². The molecule has 1 saturated heterocycles. The van der Waals surface area contributed by atoms with Gasteiger partial charge in [0.05, 0.1) is 12.0 Å². The minimum absolute atomic E-state index is 0.680. The van der Waals surface area contributed by atoms with Gasteiger partial charge in [-0.25, -0.2) is 9.97 Å². The summed E-state index contributed by atoms with van der Waals surface area (Å²) in [5.74, 6) is 1.69. The van der Waals surface area contributed by atoms with Crippen molar-refractivity contribution in [1.29, 1.82) is 0 Å². The summed E-state index contributed by atoms with van der Waals surface area (Å²) in [5.41, 5.74) is 0.905. The Balaban J connectivity index is 1.63. The number of aromatic nitrogens is 3. The molecule has 1 aliphatic rings. The summed E-state index contributed by atoms with van der Waals surface area (Å²) >= 11 is 0. The second-order valence-electron chi connectivity index (χ2n) is 6.12. The molecule has 1 unspecified atom stereocenters. The first kappa shape index (κ1) is 15.2. The van der Waals surface area contributed by atoms with E-state index >= 15 is 0 Å². The van der Waals surface area contributed by atoms with Crippen LogP contribution >= 0.6 is 0 Å². The first-order chi connectivity index (χ1) is 10.8. The van der Waals surface area contributed by atoms with Crippen LogP contribution in [-0.4, -0.2) is 66.8 Å². The number of rotatable bonds is 6. The summed E-state index contributed by atoms with van der Waals surface area (Å²) in [4.78, 5) is 16.7. The largest absolute Gasteiger partial charge is 0.383 e. The smallest absolute Gasteiger partial charge is 0.142 e. The van der Waals surface area contributed by atoms with Crippen LogP contribution in [0.1, 0.15) is 12.8 Å². The maximum Gasteiger partial charge on any atom is 0.142 e. The number of piperidine rings is 1. The van der Waals surface area contributed by atoms with E-state index in [1.54, 1.807) is 13.4 Å². The summed E-state index contributed by atoms with van der Waals surface area (Å²) < 4.78 is 5.20. The van der Waals surface area contributed by atoms with Crippen molar-refractivity contribution in [2.24, 2.45) is 5.92 Å². The quantitative estimate of drug-likeness (QED) is 0.881. The van der Waals surface area contributed by atoms with Gasteiger partial charge in [-0.05, 0) is 31.4 Å². The van der Waals surface area contributed by atoms with Gasteiger partial charge in [0.25, 0.3) is 0 Å². The van der Waals surface area contributed by atoms with Crippen molar-refractivity contribution in [3.05, 3.63) is 18.6 Å². The summed E-state index contributed by atoms with van der Waals surface area (Å²) in [6.45, 7) is 5.22. The highest BCUT2D eigenvalue weighted by Crippen LogP contribution is 2.24. The van der Waals surface area contributed by atoms with Crippen LogP contribution in [-0.2, 0) is 4.74 Å². The van der Waals surface area contributed by atoms with Gasteiger partial charge in [-0.3, -0.25) is 0 Å². The number of ether oxygens (including phenoxy) is 1. The number of aromatic amines is 1. The molecule has 22 heavy (non-hydrogen) atoms. The molecule has 120 valence electrons. The topological polar surface area (TPSA) is 57.3 Å². The second-order valence-corrected chi connectivity index (χ2v) is 6.12. The minimum atomic E-state index is 0.680. The molecule has 0 aromatic carbocycles. The van der Waals surface area contributed by atoms with Crippen molar-refractivity contribution < 1.29 is 4.74 Å².